The fraction of sp³-hybridized carbons (Fsp3) is 0.614. The van der Waals surface area contributed by atoms with Crippen molar-refractivity contribution in [3.63, 3.8) is 0 Å². The van der Waals surface area contributed by atoms with E-state index in [1.165, 1.54) is 51.4 Å². The van der Waals surface area contributed by atoms with Crippen LogP contribution in [-0.2, 0) is 33.3 Å². The van der Waals surface area contributed by atoms with E-state index in [1.807, 2.05) is 21.1 Å². The summed E-state index contributed by atoms with van der Waals surface area (Å²) in [6.07, 6.45) is 83.4. The highest BCUT2D eigenvalue weighted by atomic mass is 16.7. The largest absolute Gasteiger partial charge is 0.545 e. The van der Waals surface area contributed by atoms with Gasteiger partial charge in [0.25, 0.3) is 0 Å². The Labute approximate surface area is 483 Å². The van der Waals surface area contributed by atoms with Gasteiger partial charge in [-0.15, -0.1) is 0 Å². The highest BCUT2D eigenvalue weighted by Gasteiger charge is 2.22. The first kappa shape index (κ1) is 74.2. The van der Waals surface area contributed by atoms with E-state index in [9.17, 15) is 19.5 Å². The lowest BCUT2D eigenvalue weighted by atomic mass is 10.1. The van der Waals surface area contributed by atoms with Crippen LogP contribution in [0.2, 0.25) is 0 Å². The van der Waals surface area contributed by atoms with E-state index >= 15 is 0 Å². The molecule has 0 aliphatic rings. The summed E-state index contributed by atoms with van der Waals surface area (Å²) in [7, 11) is 5.90. The maximum absolute atomic E-state index is 12.9. The van der Waals surface area contributed by atoms with Crippen molar-refractivity contribution in [3.05, 3.63) is 146 Å². The molecule has 9 nitrogen and oxygen atoms in total. The summed E-state index contributed by atoms with van der Waals surface area (Å²) < 4.78 is 22.6. The number of carbonyl (C=O) groups is 3. The van der Waals surface area contributed by atoms with Gasteiger partial charge >= 0.3 is 11.9 Å². The van der Waals surface area contributed by atoms with Crippen molar-refractivity contribution in [2.75, 3.05) is 47.5 Å². The molecule has 0 aromatic heterocycles. The Morgan fingerprint density at radius 1 is 0.392 bits per heavy atom. The molecule has 0 saturated carbocycles. The quantitative estimate of drug-likeness (QED) is 0.0195. The summed E-state index contributed by atoms with van der Waals surface area (Å²) in [5.74, 6) is -2.33. The smallest absolute Gasteiger partial charge is 0.306 e. The molecule has 0 spiro atoms. The molecule has 9 heteroatoms. The van der Waals surface area contributed by atoms with Crippen LogP contribution in [0.4, 0.5) is 0 Å². The molecule has 0 bridgehead atoms. The van der Waals surface area contributed by atoms with Gasteiger partial charge in [-0.2, -0.15) is 0 Å². The van der Waals surface area contributed by atoms with Crippen LogP contribution in [0.25, 0.3) is 0 Å². The molecular weight excluding hydrogens is 983 g/mol. The van der Waals surface area contributed by atoms with Crippen LogP contribution in [-0.4, -0.2) is 82.3 Å². The lowest BCUT2D eigenvalue weighted by Gasteiger charge is -2.26. The molecule has 446 valence electrons. The first-order valence-electron chi connectivity index (χ1n) is 31.0. The molecule has 0 fully saturated rings. The van der Waals surface area contributed by atoms with Crippen LogP contribution < -0.4 is 5.11 Å². The molecular formula is C70H113NO8. The summed E-state index contributed by atoms with van der Waals surface area (Å²) in [4.78, 5) is 37.2. The number of carbonyl (C=O) groups excluding carboxylic acids is 3. The van der Waals surface area contributed by atoms with Crippen molar-refractivity contribution >= 4 is 17.9 Å². The second kappa shape index (κ2) is 59.3. The van der Waals surface area contributed by atoms with Gasteiger partial charge in [0.1, 0.15) is 13.2 Å². The number of likely N-dealkylation sites (N-methyl/N-ethyl adjacent to an activating group) is 1. The van der Waals surface area contributed by atoms with Crippen molar-refractivity contribution in [2.45, 2.75) is 232 Å². The number of ether oxygens (including phenoxy) is 4. The number of nitrogens with zero attached hydrogens (tertiary/aromatic N) is 1. The fourth-order valence-electron chi connectivity index (χ4n) is 7.83. The topological polar surface area (TPSA) is 111 Å². The van der Waals surface area contributed by atoms with E-state index in [0.29, 0.717) is 17.4 Å². The molecule has 79 heavy (non-hydrogen) atoms. The number of unbranched alkanes of at least 4 members (excludes halogenated alkanes) is 16. The number of hydrogen-bond acceptors (Lipinski definition) is 8. The standard InChI is InChI=1S/C70H113NO8/c1-6-8-10-12-14-16-18-20-21-22-23-24-25-26-27-28-29-30-31-32-33-34-35-36-37-38-39-40-41-42-43-44-45-46-47-49-51-53-55-57-59-61-68(73)79-66(65-78-70(69(74)75)76-63-62-71(3,4)5)64-77-67(72)60-58-56-54-52-50-48-19-17-15-13-11-9-7-2/h8,10,14,16-17,19-21,23-24,26-27,29-30,32-33,35-36,38-39,41-42,44-45,66,70H,6-7,9,11-13,15,18,22,25,28,31,34,37,40,43,46-65H2,1-5H3/b10-8-,16-14-,19-17-,21-20-,24-23-,27-26-,30-29-,33-32-,36-35-,39-38-,42-41-,45-44-. The second-order valence-electron chi connectivity index (χ2n) is 21.3. The molecule has 0 aromatic rings. The number of carboxylic acids is 1. The van der Waals surface area contributed by atoms with Crippen LogP contribution in [0.5, 0.6) is 0 Å². The van der Waals surface area contributed by atoms with E-state index in [-0.39, 0.29) is 38.6 Å². The zero-order valence-electron chi connectivity index (χ0n) is 50.7. The minimum Gasteiger partial charge on any atom is -0.545 e. The first-order chi connectivity index (χ1) is 38.6. The predicted molar refractivity (Wildman–Crippen MR) is 333 cm³/mol. The molecule has 0 rings (SSSR count). The van der Waals surface area contributed by atoms with E-state index in [1.54, 1.807) is 0 Å². The normalized spacial score (nSPS) is 13.8. The van der Waals surface area contributed by atoms with Crippen LogP contribution >= 0.6 is 0 Å². The van der Waals surface area contributed by atoms with Gasteiger partial charge in [-0.05, 0) is 122 Å². The maximum Gasteiger partial charge on any atom is 0.306 e. The lowest BCUT2D eigenvalue weighted by molar-refractivity contribution is -0.870. The van der Waals surface area contributed by atoms with Gasteiger partial charge < -0.3 is 33.3 Å². The molecule has 0 aliphatic heterocycles. The summed E-state index contributed by atoms with van der Waals surface area (Å²) >= 11 is 0. The van der Waals surface area contributed by atoms with Crippen LogP contribution in [0.15, 0.2) is 146 Å². The average Bonchev–Trinajstić information content (AvgIpc) is 3.42. The Bertz CT molecular complexity index is 1800. The molecule has 0 aromatic carbocycles. The minimum atomic E-state index is -1.63. The summed E-state index contributed by atoms with van der Waals surface area (Å²) in [5.41, 5.74) is 0. The van der Waals surface area contributed by atoms with E-state index in [2.05, 4.69) is 160 Å². The zero-order chi connectivity index (χ0) is 57.6. The van der Waals surface area contributed by atoms with E-state index < -0.39 is 24.3 Å². The molecule has 0 radical (unpaired) electrons. The summed E-state index contributed by atoms with van der Waals surface area (Å²) in [5, 5.41) is 11.8. The zero-order valence-corrected chi connectivity index (χ0v) is 50.7. The van der Waals surface area contributed by atoms with Crippen molar-refractivity contribution in [1.82, 2.24) is 0 Å². The van der Waals surface area contributed by atoms with Crippen LogP contribution in [0, 0.1) is 0 Å². The van der Waals surface area contributed by atoms with Gasteiger partial charge in [0.15, 0.2) is 12.4 Å². The second-order valence-corrected chi connectivity index (χ2v) is 21.3. The van der Waals surface area contributed by atoms with E-state index in [0.717, 1.165) is 135 Å². The average molecular weight is 1100 g/mol. The molecule has 0 heterocycles. The van der Waals surface area contributed by atoms with Gasteiger partial charge in [0.05, 0.1) is 40.3 Å². The molecule has 2 atom stereocenters. The third kappa shape index (κ3) is 60.7. The number of esters is 2. The van der Waals surface area contributed by atoms with Crippen molar-refractivity contribution in [3.8, 4) is 0 Å². The molecule has 0 aliphatic carbocycles. The highest BCUT2D eigenvalue weighted by Crippen LogP contribution is 2.14. The Balaban J connectivity index is 4.18. The number of allylic oxidation sites excluding steroid dienone is 24. The van der Waals surface area contributed by atoms with Gasteiger partial charge in [-0.3, -0.25) is 9.59 Å². The molecule has 0 N–H and O–H groups in total. The summed E-state index contributed by atoms with van der Waals surface area (Å²) in [6, 6.07) is 0. The lowest BCUT2D eigenvalue weighted by Crippen LogP contribution is -2.44. The first-order valence-corrected chi connectivity index (χ1v) is 31.0. The molecule has 0 amide bonds. The number of quaternary nitrogens is 1. The predicted octanol–water partition coefficient (Wildman–Crippen LogP) is 17.5. The minimum absolute atomic E-state index is 0.137. The Kier molecular flexibility index (Phi) is 55.7. The van der Waals surface area contributed by atoms with Gasteiger partial charge in [0, 0.05) is 12.8 Å². The van der Waals surface area contributed by atoms with Crippen molar-refractivity contribution in [1.29, 1.82) is 0 Å². The maximum atomic E-state index is 12.9. The molecule has 2 unspecified atom stereocenters. The van der Waals surface area contributed by atoms with Crippen molar-refractivity contribution in [2.24, 2.45) is 0 Å². The third-order valence-electron chi connectivity index (χ3n) is 12.6. The Hall–Kier alpha value is -4.83. The van der Waals surface area contributed by atoms with E-state index in [4.69, 9.17) is 18.9 Å². The third-order valence-corrected chi connectivity index (χ3v) is 12.6. The van der Waals surface area contributed by atoms with Crippen LogP contribution in [0.1, 0.15) is 219 Å². The van der Waals surface area contributed by atoms with Gasteiger partial charge in [-0.25, -0.2) is 0 Å². The van der Waals surface area contributed by atoms with Gasteiger partial charge in [0.2, 0.25) is 0 Å². The van der Waals surface area contributed by atoms with Crippen LogP contribution in [0.3, 0.4) is 0 Å². The van der Waals surface area contributed by atoms with Crippen molar-refractivity contribution < 1.29 is 42.9 Å². The fourth-order valence-corrected chi connectivity index (χ4v) is 7.83. The Morgan fingerprint density at radius 3 is 1.09 bits per heavy atom. The number of aliphatic carboxylic acids is 1. The molecule has 0 saturated heterocycles. The summed E-state index contributed by atoms with van der Waals surface area (Å²) in [6.45, 7) is 4.57. The Morgan fingerprint density at radius 2 is 0.722 bits per heavy atom. The number of carboxylic acid groups (broad SMARTS) is 1. The monoisotopic (exact) mass is 1100 g/mol. The SMILES string of the molecule is CC/C=C\C/C=C\C/C=C\C/C=C\C/C=C\C/C=C\C/C=C\C/C=C\C/C=C\C/C=C\C/C=C\CCCCCCCCCC(=O)OC(COC(=O)CCCCCCC/C=C\CCCCCC)COC(OCC[N+](C)(C)C)C(=O)[O-]. The van der Waals surface area contributed by atoms with Gasteiger partial charge in [-0.1, -0.05) is 230 Å². The number of hydrogen-bond donors (Lipinski definition) is 0. The number of rotatable bonds is 55. The highest BCUT2D eigenvalue weighted by molar-refractivity contribution is 5.70.